The first-order valence-corrected chi connectivity index (χ1v) is 7.51. The van der Waals surface area contributed by atoms with Gasteiger partial charge in [-0.2, -0.15) is 5.10 Å². The van der Waals surface area contributed by atoms with Gasteiger partial charge in [0.25, 0.3) is 0 Å². The molecule has 0 aliphatic heterocycles. The van der Waals surface area contributed by atoms with Crippen LogP contribution in [0.4, 0.5) is 0 Å². The molecular formula is C18H19N3O4. The topological polar surface area (TPSA) is 89.0 Å². The Morgan fingerprint density at radius 2 is 1.72 bits per heavy atom. The quantitative estimate of drug-likeness (QED) is 0.473. The van der Waals surface area contributed by atoms with Crippen molar-refractivity contribution in [1.29, 1.82) is 0 Å². The molecular weight excluding hydrogens is 322 g/mol. The summed E-state index contributed by atoms with van der Waals surface area (Å²) in [6.07, 6.45) is 1.41. The first kappa shape index (κ1) is 18.0. The number of para-hydroxylation sites is 1. The first-order chi connectivity index (χ1) is 12.1. The maximum absolute atomic E-state index is 11.8. The highest BCUT2D eigenvalue weighted by atomic mass is 16.5. The molecule has 2 amide bonds. The van der Waals surface area contributed by atoms with Gasteiger partial charge in [0.1, 0.15) is 11.5 Å². The van der Waals surface area contributed by atoms with Gasteiger partial charge >= 0.3 is 11.8 Å². The first-order valence-electron chi connectivity index (χ1n) is 7.51. The highest BCUT2D eigenvalue weighted by Crippen LogP contribution is 2.14. The van der Waals surface area contributed by atoms with E-state index in [1.807, 2.05) is 12.1 Å². The lowest BCUT2D eigenvalue weighted by Gasteiger charge is -2.05. The Hall–Kier alpha value is -3.35. The van der Waals surface area contributed by atoms with Crippen molar-refractivity contribution < 1.29 is 19.1 Å². The van der Waals surface area contributed by atoms with Crippen molar-refractivity contribution in [2.45, 2.75) is 6.54 Å². The van der Waals surface area contributed by atoms with E-state index in [9.17, 15) is 9.59 Å². The number of benzene rings is 2. The van der Waals surface area contributed by atoms with Gasteiger partial charge in [-0.25, -0.2) is 5.43 Å². The minimum absolute atomic E-state index is 0.229. The summed E-state index contributed by atoms with van der Waals surface area (Å²) in [5.41, 5.74) is 3.71. The van der Waals surface area contributed by atoms with Crippen molar-refractivity contribution in [3.8, 4) is 11.5 Å². The van der Waals surface area contributed by atoms with Crippen molar-refractivity contribution in [3.63, 3.8) is 0 Å². The van der Waals surface area contributed by atoms with Crippen LogP contribution >= 0.6 is 0 Å². The molecule has 2 aromatic rings. The van der Waals surface area contributed by atoms with Gasteiger partial charge in [0.2, 0.25) is 0 Å². The molecule has 0 saturated carbocycles. The van der Waals surface area contributed by atoms with Crippen LogP contribution in [0.1, 0.15) is 11.1 Å². The number of carbonyl (C=O) groups excluding carboxylic acids is 2. The van der Waals surface area contributed by atoms with Crippen LogP contribution in [0.5, 0.6) is 11.5 Å². The van der Waals surface area contributed by atoms with Crippen LogP contribution in [0.15, 0.2) is 53.6 Å². The fourth-order valence-electron chi connectivity index (χ4n) is 1.99. The van der Waals surface area contributed by atoms with E-state index in [1.54, 1.807) is 43.5 Å². The van der Waals surface area contributed by atoms with Crippen LogP contribution in [0.25, 0.3) is 0 Å². The molecule has 2 N–H and O–H groups in total. The standard InChI is InChI=1S/C18H19N3O4/c1-24-15-9-7-13(8-10-15)11-19-17(22)18(23)21-20-12-14-5-3-4-6-16(14)25-2/h3-10,12H,11H2,1-2H3,(H,19,22)(H,21,23)/b20-12-. The van der Waals surface area contributed by atoms with Crippen LogP contribution in [0, 0.1) is 0 Å². The van der Waals surface area contributed by atoms with Gasteiger partial charge in [-0.05, 0) is 29.8 Å². The number of hydrazone groups is 1. The van der Waals surface area contributed by atoms with Crippen LogP contribution < -0.4 is 20.2 Å². The van der Waals surface area contributed by atoms with Crippen LogP contribution in [-0.2, 0) is 16.1 Å². The van der Waals surface area contributed by atoms with Gasteiger partial charge in [-0.15, -0.1) is 0 Å². The number of ether oxygens (including phenoxy) is 2. The maximum atomic E-state index is 11.8. The van der Waals surface area contributed by atoms with E-state index in [0.717, 1.165) is 11.3 Å². The zero-order valence-electron chi connectivity index (χ0n) is 14.0. The Kier molecular flexibility index (Phi) is 6.53. The summed E-state index contributed by atoms with van der Waals surface area (Å²) in [5, 5.41) is 6.28. The molecule has 0 heterocycles. The molecule has 0 bridgehead atoms. The lowest BCUT2D eigenvalue weighted by Crippen LogP contribution is -2.37. The fraction of sp³-hybridized carbons (Fsp3) is 0.167. The molecule has 0 fully saturated rings. The summed E-state index contributed by atoms with van der Waals surface area (Å²) in [6.45, 7) is 0.229. The van der Waals surface area contributed by atoms with Gasteiger partial charge in [0, 0.05) is 12.1 Å². The highest BCUT2D eigenvalue weighted by molar-refractivity contribution is 6.35. The SMILES string of the molecule is COc1ccc(CNC(=O)C(=O)N/N=C\c2ccccc2OC)cc1. The number of nitrogens with one attached hydrogen (secondary N) is 2. The number of hydrogen-bond acceptors (Lipinski definition) is 5. The Morgan fingerprint density at radius 3 is 2.40 bits per heavy atom. The minimum atomic E-state index is -0.848. The average molecular weight is 341 g/mol. The van der Waals surface area contributed by atoms with E-state index in [0.29, 0.717) is 11.3 Å². The Bertz CT molecular complexity index is 757. The number of hydrogen-bond donors (Lipinski definition) is 2. The molecule has 0 aliphatic carbocycles. The normalized spacial score (nSPS) is 10.3. The van der Waals surface area contributed by atoms with Crippen molar-refractivity contribution in [2.24, 2.45) is 5.10 Å². The molecule has 0 saturated heterocycles. The minimum Gasteiger partial charge on any atom is -0.497 e. The van der Waals surface area contributed by atoms with Gasteiger partial charge in [-0.1, -0.05) is 24.3 Å². The smallest absolute Gasteiger partial charge is 0.329 e. The molecule has 0 aliphatic rings. The number of methoxy groups -OCH3 is 2. The maximum Gasteiger partial charge on any atom is 0.329 e. The molecule has 130 valence electrons. The third-order valence-corrected chi connectivity index (χ3v) is 3.33. The van der Waals surface area contributed by atoms with E-state index in [2.05, 4.69) is 15.8 Å². The number of rotatable bonds is 6. The van der Waals surface area contributed by atoms with Crippen molar-refractivity contribution in [2.75, 3.05) is 14.2 Å². The molecule has 0 spiro atoms. The number of carbonyl (C=O) groups is 2. The zero-order chi connectivity index (χ0) is 18.1. The summed E-state index contributed by atoms with van der Waals surface area (Å²) >= 11 is 0. The second-order valence-electron chi connectivity index (χ2n) is 4.97. The summed E-state index contributed by atoms with van der Waals surface area (Å²) in [7, 11) is 3.12. The second-order valence-corrected chi connectivity index (χ2v) is 4.97. The van der Waals surface area contributed by atoms with Crippen LogP contribution in [-0.4, -0.2) is 32.2 Å². The summed E-state index contributed by atoms with van der Waals surface area (Å²) < 4.78 is 10.2. The van der Waals surface area contributed by atoms with Gasteiger partial charge in [-0.3, -0.25) is 9.59 Å². The summed E-state index contributed by atoms with van der Waals surface area (Å²) in [4.78, 5) is 23.5. The van der Waals surface area contributed by atoms with Crippen molar-refractivity contribution in [3.05, 3.63) is 59.7 Å². The third kappa shape index (κ3) is 5.35. The molecule has 25 heavy (non-hydrogen) atoms. The monoisotopic (exact) mass is 341 g/mol. The molecule has 7 nitrogen and oxygen atoms in total. The van der Waals surface area contributed by atoms with Crippen molar-refractivity contribution >= 4 is 18.0 Å². The second kappa shape index (κ2) is 9.07. The van der Waals surface area contributed by atoms with E-state index in [-0.39, 0.29) is 6.54 Å². The molecule has 7 heteroatoms. The van der Waals surface area contributed by atoms with Gasteiger partial charge in [0.05, 0.1) is 20.4 Å². The van der Waals surface area contributed by atoms with E-state index >= 15 is 0 Å². The average Bonchev–Trinajstić information content (AvgIpc) is 2.66. The van der Waals surface area contributed by atoms with Crippen LogP contribution in [0.2, 0.25) is 0 Å². The Morgan fingerprint density at radius 1 is 1.00 bits per heavy atom. The zero-order valence-corrected chi connectivity index (χ0v) is 14.0. The molecule has 2 aromatic carbocycles. The van der Waals surface area contributed by atoms with Gasteiger partial charge in [0.15, 0.2) is 0 Å². The van der Waals surface area contributed by atoms with Crippen LogP contribution in [0.3, 0.4) is 0 Å². The lowest BCUT2D eigenvalue weighted by molar-refractivity contribution is -0.139. The molecule has 0 atom stereocenters. The predicted octanol–water partition coefficient (Wildman–Crippen LogP) is 1.47. The molecule has 0 radical (unpaired) electrons. The van der Waals surface area contributed by atoms with E-state index < -0.39 is 11.8 Å². The highest BCUT2D eigenvalue weighted by Gasteiger charge is 2.12. The Balaban J connectivity index is 1.83. The van der Waals surface area contributed by atoms with E-state index in [4.69, 9.17) is 9.47 Å². The third-order valence-electron chi connectivity index (χ3n) is 3.33. The van der Waals surface area contributed by atoms with Crippen molar-refractivity contribution in [1.82, 2.24) is 10.7 Å². The summed E-state index contributed by atoms with van der Waals surface area (Å²) in [5.74, 6) is -0.282. The van der Waals surface area contributed by atoms with Gasteiger partial charge < -0.3 is 14.8 Å². The fourth-order valence-corrected chi connectivity index (χ4v) is 1.99. The number of nitrogens with zero attached hydrogens (tertiary/aromatic N) is 1. The lowest BCUT2D eigenvalue weighted by atomic mass is 10.2. The molecule has 0 aromatic heterocycles. The molecule has 0 unspecified atom stereocenters. The van der Waals surface area contributed by atoms with E-state index in [1.165, 1.54) is 13.3 Å². The Labute approximate surface area is 145 Å². The predicted molar refractivity (Wildman–Crippen MR) is 93.6 cm³/mol. The largest absolute Gasteiger partial charge is 0.497 e. The number of amides is 2. The molecule has 2 rings (SSSR count). The summed E-state index contributed by atoms with van der Waals surface area (Å²) in [6, 6.07) is 14.3.